The predicted molar refractivity (Wildman–Crippen MR) is 67.6 cm³/mol. The summed E-state index contributed by atoms with van der Waals surface area (Å²) in [5.74, 6) is 0.656. The third-order valence-electron chi connectivity index (χ3n) is 2.98. The molecule has 0 atom stereocenters. The van der Waals surface area contributed by atoms with Crippen LogP contribution in [0.25, 0.3) is 22.2 Å². The molecule has 2 heterocycles. The zero-order valence-electron chi connectivity index (χ0n) is 9.77. The van der Waals surface area contributed by atoms with E-state index in [-0.39, 0.29) is 0 Å². The number of nitrogens with zero attached hydrogens (tertiary/aromatic N) is 2. The zero-order chi connectivity index (χ0) is 12.0. The number of nitrogens with two attached hydrogens (primary N) is 1. The van der Waals surface area contributed by atoms with E-state index in [9.17, 15) is 0 Å². The van der Waals surface area contributed by atoms with Gasteiger partial charge in [-0.1, -0.05) is 0 Å². The van der Waals surface area contributed by atoms with E-state index >= 15 is 0 Å². The molecule has 86 valence electrons. The molecule has 0 bridgehead atoms. The molecule has 0 spiro atoms. The summed E-state index contributed by atoms with van der Waals surface area (Å²) in [7, 11) is 1.83. The number of furan rings is 1. The van der Waals surface area contributed by atoms with Gasteiger partial charge in [-0.25, -0.2) is 0 Å². The number of hydrogen-bond acceptors (Lipinski definition) is 3. The molecule has 2 N–H and O–H groups in total. The number of nitrogen functional groups attached to an aromatic ring is 1. The van der Waals surface area contributed by atoms with Crippen LogP contribution in [0.4, 0.5) is 5.82 Å². The normalized spacial score (nSPS) is 11.2. The fourth-order valence-corrected chi connectivity index (χ4v) is 1.94. The Morgan fingerprint density at radius 2 is 2.12 bits per heavy atom. The van der Waals surface area contributed by atoms with Crippen molar-refractivity contribution < 1.29 is 4.42 Å². The summed E-state index contributed by atoms with van der Waals surface area (Å²) in [5.41, 5.74) is 9.74. The predicted octanol–water partition coefficient (Wildman–Crippen LogP) is 2.72. The molecule has 0 radical (unpaired) electrons. The minimum absolute atomic E-state index is 0.656. The van der Waals surface area contributed by atoms with Gasteiger partial charge in [0.25, 0.3) is 0 Å². The number of benzene rings is 1. The first-order valence-electron chi connectivity index (χ1n) is 5.43. The van der Waals surface area contributed by atoms with Crippen LogP contribution in [0.1, 0.15) is 5.56 Å². The minimum atomic E-state index is 0.656. The van der Waals surface area contributed by atoms with E-state index in [1.165, 1.54) is 0 Å². The highest BCUT2D eigenvalue weighted by Crippen LogP contribution is 2.27. The summed E-state index contributed by atoms with van der Waals surface area (Å²) in [6.07, 6.45) is 1.77. The minimum Gasteiger partial charge on any atom is -0.464 e. The lowest BCUT2D eigenvalue weighted by molar-refractivity contribution is 0.613. The molecule has 0 saturated carbocycles. The number of aromatic nitrogens is 2. The van der Waals surface area contributed by atoms with Gasteiger partial charge in [-0.15, -0.1) is 0 Å². The van der Waals surface area contributed by atoms with E-state index in [1.54, 1.807) is 10.9 Å². The van der Waals surface area contributed by atoms with Gasteiger partial charge in [0.2, 0.25) is 0 Å². The highest BCUT2D eigenvalue weighted by molar-refractivity contribution is 5.85. The zero-order valence-corrected chi connectivity index (χ0v) is 9.77. The molecule has 0 fully saturated rings. The molecular weight excluding hydrogens is 214 g/mol. The maximum Gasteiger partial charge on any atom is 0.134 e. The van der Waals surface area contributed by atoms with E-state index < -0.39 is 0 Å². The molecule has 3 aromatic rings. The molecule has 0 unspecified atom stereocenters. The monoisotopic (exact) mass is 227 g/mol. The van der Waals surface area contributed by atoms with Crippen LogP contribution in [0.15, 0.2) is 34.9 Å². The van der Waals surface area contributed by atoms with Gasteiger partial charge in [0.1, 0.15) is 11.4 Å². The Balaban J connectivity index is 2.20. The average molecular weight is 227 g/mol. The summed E-state index contributed by atoms with van der Waals surface area (Å²) in [6, 6.07) is 7.90. The van der Waals surface area contributed by atoms with E-state index in [1.807, 2.05) is 32.2 Å². The maximum atomic E-state index is 5.78. The Labute approximate surface area is 98.6 Å². The van der Waals surface area contributed by atoms with E-state index in [0.717, 1.165) is 27.8 Å². The van der Waals surface area contributed by atoms with Crippen molar-refractivity contribution in [3.8, 4) is 11.3 Å². The molecule has 3 rings (SSSR count). The van der Waals surface area contributed by atoms with Crippen LogP contribution in [-0.2, 0) is 7.05 Å². The van der Waals surface area contributed by atoms with Crippen molar-refractivity contribution in [1.82, 2.24) is 9.78 Å². The Hall–Kier alpha value is -2.23. The maximum absolute atomic E-state index is 5.78. The lowest BCUT2D eigenvalue weighted by Gasteiger charge is -1.97. The van der Waals surface area contributed by atoms with Gasteiger partial charge in [-0.2, -0.15) is 5.10 Å². The number of hydrogen-bond donors (Lipinski definition) is 1. The quantitative estimate of drug-likeness (QED) is 0.695. The SMILES string of the molecule is Cc1coc2ccc(-c3cc(N)n(C)n3)cc12. The van der Waals surface area contributed by atoms with Crippen LogP contribution in [0.5, 0.6) is 0 Å². The molecule has 2 aromatic heterocycles. The molecule has 4 heteroatoms. The smallest absolute Gasteiger partial charge is 0.134 e. The van der Waals surface area contributed by atoms with Crippen LogP contribution in [0, 0.1) is 6.92 Å². The largest absolute Gasteiger partial charge is 0.464 e. The molecule has 0 aliphatic carbocycles. The second-order valence-corrected chi connectivity index (χ2v) is 4.21. The van der Waals surface area contributed by atoms with Crippen molar-refractivity contribution in [2.45, 2.75) is 6.92 Å². The Bertz CT molecular complexity index is 674. The third kappa shape index (κ3) is 1.49. The fraction of sp³-hybridized carbons (Fsp3) is 0.154. The highest BCUT2D eigenvalue weighted by atomic mass is 16.3. The van der Waals surface area contributed by atoms with Crippen LogP contribution in [0.2, 0.25) is 0 Å². The summed E-state index contributed by atoms with van der Waals surface area (Å²) in [5, 5.41) is 5.48. The van der Waals surface area contributed by atoms with Crippen molar-refractivity contribution >= 4 is 16.8 Å². The standard InChI is InChI=1S/C13H13N3O/c1-8-7-17-12-4-3-9(5-10(8)12)11-6-13(14)16(2)15-11/h3-7H,14H2,1-2H3. The van der Waals surface area contributed by atoms with E-state index in [0.29, 0.717) is 5.82 Å². The molecule has 0 saturated heterocycles. The van der Waals surface area contributed by atoms with Crippen molar-refractivity contribution in [1.29, 1.82) is 0 Å². The Morgan fingerprint density at radius 1 is 1.29 bits per heavy atom. The summed E-state index contributed by atoms with van der Waals surface area (Å²) < 4.78 is 7.09. The first kappa shape index (κ1) is 9.96. The van der Waals surface area contributed by atoms with Gasteiger partial charge in [0.05, 0.1) is 12.0 Å². The molecule has 4 nitrogen and oxygen atoms in total. The van der Waals surface area contributed by atoms with Gasteiger partial charge in [0, 0.05) is 24.1 Å². The lowest BCUT2D eigenvalue weighted by Crippen LogP contribution is -1.96. The van der Waals surface area contributed by atoms with E-state index in [2.05, 4.69) is 11.2 Å². The lowest BCUT2D eigenvalue weighted by atomic mass is 10.1. The topological polar surface area (TPSA) is 57.0 Å². The van der Waals surface area contributed by atoms with Crippen molar-refractivity contribution in [3.05, 3.63) is 36.1 Å². The second kappa shape index (κ2) is 3.38. The first-order valence-corrected chi connectivity index (χ1v) is 5.43. The van der Waals surface area contributed by atoms with Gasteiger partial charge in [-0.05, 0) is 30.7 Å². The van der Waals surface area contributed by atoms with Crippen LogP contribution in [0.3, 0.4) is 0 Å². The summed E-state index contributed by atoms with van der Waals surface area (Å²) in [6.45, 7) is 2.03. The molecule has 0 aliphatic heterocycles. The van der Waals surface area contributed by atoms with Gasteiger partial charge < -0.3 is 10.2 Å². The molecule has 0 amide bonds. The number of anilines is 1. The average Bonchev–Trinajstić information content (AvgIpc) is 2.84. The van der Waals surface area contributed by atoms with Crippen molar-refractivity contribution in [2.75, 3.05) is 5.73 Å². The molecule has 1 aromatic carbocycles. The Kier molecular flexibility index (Phi) is 1.98. The first-order chi connectivity index (χ1) is 8.15. The van der Waals surface area contributed by atoms with Crippen molar-refractivity contribution in [3.63, 3.8) is 0 Å². The van der Waals surface area contributed by atoms with Crippen LogP contribution in [-0.4, -0.2) is 9.78 Å². The van der Waals surface area contributed by atoms with Gasteiger partial charge in [-0.3, -0.25) is 4.68 Å². The summed E-state index contributed by atoms with van der Waals surface area (Å²) in [4.78, 5) is 0. The third-order valence-corrected chi connectivity index (χ3v) is 2.98. The number of rotatable bonds is 1. The molecule has 0 aliphatic rings. The molecule has 17 heavy (non-hydrogen) atoms. The van der Waals surface area contributed by atoms with E-state index in [4.69, 9.17) is 10.2 Å². The molecular formula is C13H13N3O. The van der Waals surface area contributed by atoms with Crippen LogP contribution >= 0.6 is 0 Å². The number of aryl methyl sites for hydroxylation is 2. The Morgan fingerprint density at radius 3 is 2.82 bits per heavy atom. The van der Waals surface area contributed by atoms with Crippen LogP contribution < -0.4 is 5.73 Å². The summed E-state index contributed by atoms with van der Waals surface area (Å²) >= 11 is 0. The second-order valence-electron chi connectivity index (χ2n) is 4.21. The van der Waals surface area contributed by atoms with Crippen molar-refractivity contribution in [2.24, 2.45) is 7.05 Å². The van der Waals surface area contributed by atoms with Gasteiger partial charge >= 0.3 is 0 Å². The highest BCUT2D eigenvalue weighted by Gasteiger charge is 2.08. The fourth-order valence-electron chi connectivity index (χ4n) is 1.94. The van der Waals surface area contributed by atoms with Gasteiger partial charge in [0.15, 0.2) is 0 Å². The number of fused-ring (bicyclic) bond motifs is 1.